The van der Waals surface area contributed by atoms with Gasteiger partial charge < -0.3 is 14.8 Å². The summed E-state index contributed by atoms with van der Waals surface area (Å²) in [6.45, 7) is 3.69. The molecule has 162 valence electrons. The fourth-order valence-electron chi connectivity index (χ4n) is 2.67. The second-order valence-corrected chi connectivity index (χ2v) is 7.91. The molecule has 0 spiro atoms. The number of benzene rings is 2. The Bertz CT molecular complexity index is 1250. The first kappa shape index (κ1) is 23.2. The predicted molar refractivity (Wildman–Crippen MR) is 134 cm³/mol. The molecule has 2 aromatic carbocycles. The van der Waals surface area contributed by atoms with Crippen molar-refractivity contribution in [3.63, 3.8) is 0 Å². The number of nitriles is 1. The third kappa shape index (κ3) is 6.03. The number of nitrogens with zero attached hydrogens (tertiary/aromatic N) is 3. The van der Waals surface area contributed by atoms with Crippen LogP contribution in [-0.2, 0) is 0 Å². The highest BCUT2D eigenvalue weighted by Crippen LogP contribution is 2.33. The zero-order valence-electron chi connectivity index (χ0n) is 17.9. The van der Waals surface area contributed by atoms with Gasteiger partial charge in [0.1, 0.15) is 5.75 Å². The van der Waals surface area contributed by atoms with Crippen LogP contribution in [0.25, 0.3) is 11.0 Å². The molecule has 0 unspecified atom stereocenters. The molecule has 6 nitrogen and oxygen atoms in total. The van der Waals surface area contributed by atoms with Crippen molar-refractivity contribution >= 4 is 51.9 Å². The average Bonchev–Trinajstić information content (AvgIpc) is 2.81. The number of hydrogen-bond donors (Lipinski definition) is 2. The molecule has 8 heteroatoms. The molecule has 32 heavy (non-hydrogen) atoms. The lowest BCUT2D eigenvalue weighted by Crippen LogP contribution is -2.03. The fraction of sp³-hybridized carbons (Fsp3) is 0.125. The van der Waals surface area contributed by atoms with Crippen LogP contribution in [-0.4, -0.2) is 17.1 Å². The van der Waals surface area contributed by atoms with Gasteiger partial charge in [-0.05, 0) is 62.2 Å². The fourth-order valence-corrected chi connectivity index (χ4v) is 3.57. The van der Waals surface area contributed by atoms with E-state index in [9.17, 15) is 0 Å². The van der Waals surface area contributed by atoms with E-state index < -0.39 is 0 Å². The van der Waals surface area contributed by atoms with Crippen molar-refractivity contribution in [3.05, 3.63) is 82.3 Å². The van der Waals surface area contributed by atoms with E-state index in [1.807, 2.05) is 49.4 Å². The lowest BCUT2D eigenvalue weighted by atomic mass is 10.3. The summed E-state index contributed by atoms with van der Waals surface area (Å²) in [6.07, 6.45) is 7.55. The minimum Gasteiger partial charge on any atom is -0.497 e. The Morgan fingerprint density at radius 2 is 1.88 bits per heavy atom. The Balaban J connectivity index is 1.99. The summed E-state index contributed by atoms with van der Waals surface area (Å²) in [5.41, 5.74) is 2.74. The quantitative estimate of drug-likeness (QED) is 0.211. The van der Waals surface area contributed by atoms with Crippen LogP contribution in [0.15, 0.2) is 77.2 Å². The molecule has 0 fully saturated rings. The van der Waals surface area contributed by atoms with Crippen molar-refractivity contribution in [2.24, 2.45) is 0 Å². The maximum atomic E-state index is 9.14. The van der Waals surface area contributed by atoms with Crippen LogP contribution in [0.5, 0.6) is 5.75 Å². The van der Waals surface area contributed by atoms with Crippen molar-refractivity contribution in [2.75, 3.05) is 17.1 Å². The number of allylic oxidation sites excluding steroid dienone is 5. The van der Waals surface area contributed by atoms with E-state index in [1.54, 1.807) is 38.3 Å². The van der Waals surface area contributed by atoms with E-state index in [0.29, 0.717) is 33.7 Å². The van der Waals surface area contributed by atoms with Crippen LogP contribution in [0.3, 0.4) is 0 Å². The summed E-state index contributed by atoms with van der Waals surface area (Å²) in [5.74, 6) is 1.71. The van der Waals surface area contributed by atoms with E-state index in [1.165, 1.54) is 11.9 Å². The van der Waals surface area contributed by atoms with Gasteiger partial charge in [0.25, 0.3) is 0 Å². The van der Waals surface area contributed by atoms with Gasteiger partial charge in [-0.25, -0.2) is 9.97 Å². The molecule has 1 aromatic heterocycles. The van der Waals surface area contributed by atoms with Crippen molar-refractivity contribution in [1.29, 1.82) is 5.26 Å². The van der Waals surface area contributed by atoms with Gasteiger partial charge in [0.05, 0.1) is 34.9 Å². The lowest BCUT2D eigenvalue weighted by Gasteiger charge is -2.14. The molecule has 0 saturated heterocycles. The monoisotopic (exact) mass is 463 g/mol. The number of ether oxygens (including phenoxy) is 1. The average molecular weight is 464 g/mol. The second kappa shape index (κ2) is 11.2. The summed E-state index contributed by atoms with van der Waals surface area (Å²) in [4.78, 5) is 10.3. The zero-order chi connectivity index (χ0) is 22.9. The zero-order valence-corrected chi connectivity index (χ0v) is 19.5. The summed E-state index contributed by atoms with van der Waals surface area (Å²) >= 11 is 7.72. The SMILES string of the molecule is C\C=C/C=C(\C=C(/C)C#N)SNc1nc2ccccc2nc1Nc1cc(OC)ccc1Cl. The summed E-state index contributed by atoms with van der Waals surface area (Å²) < 4.78 is 8.57. The molecule has 0 radical (unpaired) electrons. The molecule has 0 aliphatic carbocycles. The number of methoxy groups -OCH3 is 1. The van der Waals surface area contributed by atoms with Crippen LogP contribution in [0, 0.1) is 11.3 Å². The highest BCUT2D eigenvalue weighted by atomic mass is 35.5. The summed E-state index contributed by atoms with van der Waals surface area (Å²) in [7, 11) is 1.60. The maximum Gasteiger partial charge on any atom is 0.180 e. The molecule has 3 aromatic rings. The molecular formula is C24H22ClN5OS. The molecule has 2 N–H and O–H groups in total. The van der Waals surface area contributed by atoms with Crippen molar-refractivity contribution in [2.45, 2.75) is 13.8 Å². The molecule has 0 atom stereocenters. The lowest BCUT2D eigenvalue weighted by molar-refractivity contribution is 0.415. The molecule has 0 saturated carbocycles. The largest absolute Gasteiger partial charge is 0.497 e. The van der Waals surface area contributed by atoms with Gasteiger partial charge in [0, 0.05) is 16.5 Å². The number of hydrogen-bond acceptors (Lipinski definition) is 7. The molecule has 0 aliphatic rings. The van der Waals surface area contributed by atoms with Gasteiger partial charge in [-0.15, -0.1) is 0 Å². The molecule has 0 amide bonds. The van der Waals surface area contributed by atoms with Gasteiger partial charge in [0.2, 0.25) is 0 Å². The third-order valence-corrected chi connectivity index (χ3v) is 5.37. The number of halogens is 1. The molecule has 1 heterocycles. The van der Waals surface area contributed by atoms with Crippen LogP contribution in [0.2, 0.25) is 5.02 Å². The van der Waals surface area contributed by atoms with Crippen LogP contribution in [0.4, 0.5) is 17.3 Å². The van der Waals surface area contributed by atoms with Gasteiger partial charge >= 0.3 is 0 Å². The van der Waals surface area contributed by atoms with E-state index in [-0.39, 0.29) is 0 Å². The third-order valence-electron chi connectivity index (χ3n) is 4.25. The smallest absolute Gasteiger partial charge is 0.180 e. The molecule has 0 aliphatic heterocycles. The first-order valence-corrected chi connectivity index (χ1v) is 10.9. The molecule has 3 rings (SSSR count). The number of anilines is 3. The number of fused-ring (bicyclic) bond motifs is 1. The van der Waals surface area contributed by atoms with E-state index in [2.05, 4.69) is 16.1 Å². The number of aromatic nitrogens is 2. The molecular weight excluding hydrogens is 442 g/mol. The highest BCUT2D eigenvalue weighted by molar-refractivity contribution is 8.04. The van der Waals surface area contributed by atoms with Crippen molar-refractivity contribution in [3.8, 4) is 11.8 Å². The van der Waals surface area contributed by atoms with Crippen LogP contribution in [0.1, 0.15) is 13.8 Å². The van der Waals surface area contributed by atoms with Gasteiger partial charge in [-0.3, -0.25) is 0 Å². The summed E-state index contributed by atoms with van der Waals surface area (Å²) in [5, 5.41) is 12.9. The van der Waals surface area contributed by atoms with E-state index >= 15 is 0 Å². The Labute approximate surface area is 196 Å². The Hall–Kier alpha value is -3.47. The number of para-hydroxylation sites is 2. The predicted octanol–water partition coefficient (Wildman–Crippen LogP) is 7.03. The van der Waals surface area contributed by atoms with E-state index in [0.717, 1.165) is 15.9 Å². The number of nitrogens with one attached hydrogen (secondary N) is 2. The Morgan fingerprint density at radius 1 is 1.16 bits per heavy atom. The first-order chi connectivity index (χ1) is 15.5. The van der Waals surface area contributed by atoms with Crippen LogP contribution >= 0.6 is 23.5 Å². The Morgan fingerprint density at radius 3 is 2.53 bits per heavy atom. The standard InChI is InChI=1S/C24H22ClN5OS/c1-4-5-8-18(13-16(2)15-26)32-30-24-23(27-20-9-6-7-10-21(20)28-24)29-22-14-17(31-3)11-12-19(22)25/h4-14H,1-3H3,(H,27,29)(H,28,30)/b5-4-,16-13+,18-8+. The minimum absolute atomic E-state index is 0.512. The van der Waals surface area contributed by atoms with Crippen molar-refractivity contribution < 1.29 is 4.74 Å². The van der Waals surface area contributed by atoms with Gasteiger partial charge in [-0.2, -0.15) is 5.26 Å². The first-order valence-electron chi connectivity index (χ1n) is 9.75. The summed E-state index contributed by atoms with van der Waals surface area (Å²) in [6, 6.07) is 15.1. The van der Waals surface area contributed by atoms with Crippen molar-refractivity contribution in [1.82, 2.24) is 9.97 Å². The maximum absolute atomic E-state index is 9.14. The second-order valence-electron chi connectivity index (χ2n) is 6.62. The number of rotatable bonds is 8. The normalized spacial score (nSPS) is 12.1. The minimum atomic E-state index is 0.512. The Kier molecular flexibility index (Phi) is 8.14. The highest BCUT2D eigenvalue weighted by Gasteiger charge is 2.12. The van der Waals surface area contributed by atoms with Crippen LogP contribution < -0.4 is 14.8 Å². The van der Waals surface area contributed by atoms with Gasteiger partial charge in [-0.1, -0.05) is 35.9 Å². The van der Waals surface area contributed by atoms with E-state index in [4.69, 9.17) is 31.6 Å². The topological polar surface area (TPSA) is 82.9 Å². The van der Waals surface area contributed by atoms with Gasteiger partial charge in [0.15, 0.2) is 11.6 Å². The molecule has 0 bridgehead atoms.